The van der Waals surface area contributed by atoms with E-state index in [0.29, 0.717) is 23.6 Å². The fourth-order valence-electron chi connectivity index (χ4n) is 4.26. The second-order valence-electron chi connectivity index (χ2n) is 8.72. The van der Waals surface area contributed by atoms with Crippen molar-refractivity contribution in [1.29, 1.82) is 0 Å². The van der Waals surface area contributed by atoms with Crippen molar-refractivity contribution in [1.82, 2.24) is 0 Å². The van der Waals surface area contributed by atoms with E-state index in [1.54, 1.807) is 24.3 Å². The minimum Gasteiger partial charge on any atom is -0.507 e. The van der Waals surface area contributed by atoms with Gasteiger partial charge in [-0.15, -0.1) is 0 Å². The molecule has 0 radical (unpaired) electrons. The minimum atomic E-state index is -0.904. The van der Waals surface area contributed by atoms with Gasteiger partial charge in [0, 0.05) is 29.4 Å². The summed E-state index contributed by atoms with van der Waals surface area (Å²) in [5.74, 6) is -1.20. The van der Waals surface area contributed by atoms with Gasteiger partial charge >= 0.3 is 0 Å². The third kappa shape index (κ3) is 4.57. The SMILES string of the molecule is CCOc1cccc(N2C(=O)C(=O)/C(=C(/O)c3ccc([N+](=O)[O-])cc3)C2c2ccc(C(C)C)cc2)c1. The lowest BCUT2D eigenvalue weighted by atomic mass is 9.93. The standard InChI is InChI=1S/C28H26N2O6/c1-4-36-23-7-5-6-22(16-23)29-25(19-10-8-18(9-11-19)17(2)3)24(27(32)28(29)33)26(31)20-12-14-21(15-13-20)30(34)35/h5-17,25,31H,4H2,1-3H3/b26-24+. The van der Waals surface area contributed by atoms with E-state index in [1.807, 2.05) is 31.2 Å². The van der Waals surface area contributed by atoms with Gasteiger partial charge in [-0.05, 0) is 48.2 Å². The van der Waals surface area contributed by atoms with Gasteiger partial charge < -0.3 is 9.84 Å². The van der Waals surface area contributed by atoms with E-state index in [2.05, 4.69) is 13.8 Å². The molecule has 1 aliphatic rings. The molecule has 0 saturated carbocycles. The maximum Gasteiger partial charge on any atom is 0.300 e. The summed E-state index contributed by atoms with van der Waals surface area (Å²) in [5.41, 5.74) is 2.14. The van der Waals surface area contributed by atoms with Gasteiger partial charge in [-0.25, -0.2) is 0 Å². The predicted octanol–water partition coefficient (Wildman–Crippen LogP) is 5.74. The Kier molecular flexibility index (Phi) is 6.87. The maximum absolute atomic E-state index is 13.3. The maximum atomic E-state index is 13.3. The van der Waals surface area contributed by atoms with Crippen molar-refractivity contribution in [2.75, 3.05) is 11.5 Å². The Morgan fingerprint density at radius 1 is 1.06 bits per heavy atom. The van der Waals surface area contributed by atoms with Crippen LogP contribution in [0.1, 0.15) is 49.4 Å². The van der Waals surface area contributed by atoms with Crippen LogP contribution in [-0.4, -0.2) is 28.3 Å². The number of nitro benzene ring substituents is 1. The average Bonchev–Trinajstić information content (AvgIpc) is 3.14. The van der Waals surface area contributed by atoms with Crippen molar-refractivity contribution in [2.45, 2.75) is 32.7 Å². The van der Waals surface area contributed by atoms with Crippen LogP contribution in [0.2, 0.25) is 0 Å². The Bertz CT molecular complexity index is 1340. The van der Waals surface area contributed by atoms with E-state index in [9.17, 15) is 24.8 Å². The Hall–Kier alpha value is -4.46. The van der Waals surface area contributed by atoms with Crippen molar-refractivity contribution < 1.29 is 24.4 Å². The Balaban J connectivity index is 1.89. The number of aliphatic hydroxyl groups is 1. The number of ketones is 1. The molecule has 1 amide bonds. The molecule has 1 saturated heterocycles. The zero-order valence-electron chi connectivity index (χ0n) is 20.2. The molecule has 0 bridgehead atoms. The summed E-state index contributed by atoms with van der Waals surface area (Å²) in [7, 11) is 0. The molecule has 1 atom stereocenters. The number of benzene rings is 3. The van der Waals surface area contributed by atoms with Crippen LogP contribution < -0.4 is 9.64 Å². The molecule has 1 unspecified atom stereocenters. The molecule has 184 valence electrons. The topological polar surface area (TPSA) is 110 Å². The van der Waals surface area contributed by atoms with Crippen molar-refractivity contribution >= 4 is 28.8 Å². The van der Waals surface area contributed by atoms with Crippen molar-refractivity contribution in [2.24, 2.45) is 0 Å². The van der Waals surface area contributed by atoms with Gasteiger partial charge in [0.05, 0.1) is 23.1 Å². The van der Waals surface area contributed by atoms with Crippen LogP contribution in [-0.2, 0) is 9.59 Å². The highest BCUT2D eigenvalue weighted by atomic mass is 16.6. The summed E-state index contributed by atoms with van der Waals surface area (Å²) >= 11 is 0. The van der Waals surface area contributed by atoms with E-state index in [1.165, 1.54) is 29.2 Å². The van der Waals surface area contributed by atoms with Crippen molar-refractivity contribution in [3.8, 4) is 5.75 Å². The number of carbonyl (C=O) groups is 2. The first-order valence-electron chi connectivity index (χ1n) is 11.6. The number of hydrogen-bond donors (Lipinski definition) is 1. The number of hydrogen-bond acceptors (Lipinski definition) is 6. The predicted molar refractivity (Wildman–Crippen MR) is 136 cm³/mol. The molecule has 1 fully saturated rings. The zero-order valence-corrected chi connectivity index (χ0v) is 20.2. The highest BCUT2D eigenvalue weighted by Gasteiger charge is 2.47. The van der Waals surface area contributed by atoms with E-state index in [-0.39, 0.29) is 22.7 Å². The molecule has 3 aromatic carbocycles. The van der Waals surface area contributed by atoms with Gasteiger partial charge in [-0.1, -0.05) is 44.2 Å². The van der Waals surface area contributed by atoms with Gasteiger partial charge in [0.1, 0.15) is 11.5 Å². The van der Waals surface area contributed by atoms with Crippen LogP contribution in [0.25, 0.3) is 5.76 Å². The number of Topliss-reactive ketones (excluding diaryl/α,β-unsaturated/α-hetero) is 1. The number of rotatable bonds is 7. The smallest absolute Gasteiger partial charge is 0.300 e. The first-order chi connectivity index (χ1) is 17.2. The molecule has 1 N–H and O–H groups in total. The Morgan fingerprint density at radius 2 is 1.72 bits per heavy atom. The number of non-ortho nitro benzene ring substituents is 1. The van der Waals surface area contributed by atoms with Crippen molar-refractivity contribution in [3.05, 3.63) is 105 Å². The fraction of sp³-hybridized carbons (Fsp3) is 0.214. The van der Waals surface area contributed by atoms with Gasteiger partial charge in [0.2, 0.25) is 0 Å². The van der Waals surface area contributed by atoms with E-state index in [4.69, 9.17) is 4.74 Å². The van der Waals surface area contributed by atoms with Gasteiger partial charge in [-0.2, -0.15) is 0 Å². The first kappa shape index (κ1) is 24.7. The summed E-state index contributed by atoms with van der Waals surface area (Å²) in [6.45, 7) is 6.41. The zero-order chi connectivity index (χ0) is 26.0. The third-order valence-electron chi connectivity index (χ3n) is 6.12. The molecule has 3 aromatic rings. The highest BCUT2D eigenvalue weighted by molar-refractivity contribution is 6.51. The van der Waals surface area contributed by atoms with Crippen molar-refractivity contribution in [3.63, 3.8) is 0 Å². The summed E-state index contributed by atoms with van der Waals surface area (Å²) < 4.78 is 5.59. The number of nitrogens with zero attached hydrogens (tertiary/aromatic N) is 2. The Labute approximate surface area is 208 Å². The monoisotopic (exact) mass is 486 g/mol. The summed E-state index contributed by atoms with van der Waals surface area (Å²) in [5, 5.41) is 22.2. The summed E-state index contributed by atoms with van der Waals surface area (Å²) in [6.07, 6.45) is 0. The van der Waals surface area contributed by atoms with Crippen LogP contribution in [0, 0.1) is 10.1 Å². The molecule has 1 aliphatic heterocycles. The molecule has 0 spiro atoms. The fourth-order valence-corrected chi connectivity index (χ4v) is 4.26. The Morgan fingerprint density at radius 3 is 2.31 bits per heavy atom. The number of nitro groups is 1. The van der Waals surface area contributed by atoms with Gasteiger partial charge in [-0.3, -0.25) is 24.6 Å². The largest absolute Gasteiger partial charge is 0.507 e. The number of aliphatic hydroxyl groups excluding tert-OH is 1. The number of carbonyl (C=O) groups excluding carboxylic acids is 2. The molecule has 36 heavy (non-hydrogen) atoms. The number of anilines is 1. The lowest BCUT2D eigenvalue weighted by Crippen LogP contribution is -2.29. The van der Waals surface area contributed by atoms with Gasteiger partial charge in [0.25, 0.3) is 17.4 Å². The third-order valence-corrected chi connectivity index (χ3v) is 6.12. The lowest BCUT2D eigenvalue weighted by Gasteiger charge is -2.26. The molecule has 8 nitrogen and oxygen atoms in total. The summed E-state index contributed by atoms with van der Waals surface area (Å²) in [4.78, 5) is 38.5. The molecule has 4 rings (SSSR count). The van der Waals surface area contributed by atoms with E-state index in [0.717, 1.165) is 5.56 Å². The highest BCUT2D eigenvalue weighted by Crippen LogP contribution is 2.43. The summed E-state index contributed by atoms with van der Waals surface area (Å²) in [6, 6.07) is 18.7. The molecule has 1 heterocycles. The minimum absolute atomic E-state index is 0.0898. The van der Waals surface area contributed by atoms with Crippen LogP contribution in [0.15, 0.2) is 78.4 Å². The van der Waals surface area contributed by atoms with E-state index >= 15 is 0 Å². The van der Waals surface area contributed by atoms with Crippen LogP contribution in [0.5, 0.6) is 5.75 Å². The van der Waals surface area contributed by atoms with Crippen LogP contribution >= 0.6 is 0 Å². The second kappa shape index (κ2) is 10.0. The van der Waals surface area contributed by atoms with Gasteiger partial charge in [0.15, 0.2) is 0 Å². The number of amides is 1. The molecule has 0 aliphatic carbocycles. The van der Waals surface area contributed by atoms with Crippen LogP contribution in [0.4, 0.5) is 11.4 Å². The molecular formula is C28H26N2O6. The average molecular weight is 487 g/mol. The molecular weight excluding hydrogens is 460 g/mol. The quantitative estimate of drug-likeness (QED) is 0.150. The molecule has 8 heteroatoms. The lowest BCUT2D eigenvalue weighted by molar-refractivity contribution is -0.384. The first-order valence-corrected chi connectivity index (χ1v) is 11.6. The molecule has 0 aromatic heterocycles. The second-order valence-corrected chi connectivity index (χ2v) is 8.72. The van der Waals surface area contributed by atoms with Crippen LogP contribution in [0.3, 0.4) is 0 Å². The normalized spacial score (nSPS) is 17.0. The number of ether oxygens (including phenoxy) is 1. The van der Waals surface area contributed by atoms with E-state index < -0.39 is 28.4 Å².